The van der Waals surface area contributed by atoms with Crippen LogP contribution in [0.4, 0.5) is 5.69 Å². The molecule has 0 bridgehead atoms. The van der Waals surface area contributed by atoms with Gasteiger partial charge in [-0.15, -0.1) is 0 Å². The summed E-state index contributed by atoms with van der Waals surface area (Å²) in [5, 5.41) is 0. The van der Waals surface area contributed by atoms with E-state index in [1.54, 1.807) is 24.3 Å². The van der Waals surface area contributed by atoms with Gasteiger partial charge in [0, 0.05) is 12.6 Å². The van der Waals surface area contributed by atoms with Crippen molar-refractivity contribution >= 4 is 15.7 Å². The Morgan fingerprint density at radius 2 is 1.81 bits per heavy atom. The molecule has 112 valence electrons. The van der Waals surface area contributed by atoms with Crippen LogP contribution in [0, 0.1) is 0 Å². The van der Waals surface area contributed by atoms with Crippen LogP contribution >= 0.6 is 0 Å². The molecule has 0 atom stereocenters. The molecule has 0 aliphatic rings. The molecule has 0 aliphatic heterocycles. The van der Waals surface area contributed by atoms with Crippen molar-refractivity contribution in [2.45, 2.75) is 6.61 Å². The van der Waals surface area contributed by atoms with E-state index in [4.69, 9.17) is 10.5 Å². The molecule has 21 heavy (non-hydrogen) atoms. The van der Waals surface area contributed by atoms with Gasteiger partial charge in [0.05, 0.1) is 11.4 Å². The highest BCUT2D eigenvalue weighted by Gasteiger charge is 2.09. The highest BCUT2D eigenvalue weighted by Crippen LogP contribution is 2.19. The Morgan fingerprint density at radius 1 is 1.05 bits per heavy atom. The zero-order valence-electron chi connectivity index (χ0n) is 11.5. The van der Waals surface area contributed by atoms with Gasteiger partial charge >= 0.3 is 0 Å². The predicted molar refractivity (Wildman–Crippen MR) is 83.7 cm³/mol. The summed E-state index contributed by atoms with van der Waals surface area (Å²) in [6.07, 6.45) is 0. The lowest BCUT2D eigenvalue weighted by molar-refractivity contribution is 0.306. The zero-order chi connectivity index (χ0) is 15.1. The second kappa shape index (κ2) is 7.10. The van der Waals surface area contributed by atoms with Crippen LogP contribution in [0.3, 0.4) is 0 Å². The number of rotatable bonds is 7. The number of ether oxygens (including phenoxy) is 1. The summed E-state index contributed by atoms with van der Waals surface area (Å²) in [7, 11) is -3.40. The van der Waals surface area contributed by atoms with Crippen LogP contribution in [-0.4, -0.2) is 20.7 Å². The van der Waals surface area contributed by atoms with E-state index in [1.807, 2.05) is 30.3 Å². The van der Waals surface area contributed by atoms with Gasteiger partial charge in [0.25, 0.3) is 0 Å². The molecule has 0 saturated heterocycles. The monoisotopic (exact) mass is 306 g/mol. The molecular weight excluding hydrogens is 288 g/mol. The van der Waals surface area contributed by atoms with Crippen LogP contribution in [0.15, 0.2) is 54.6 Å². The lowest BCUT2D eigenvalue weighted by Gasteiger charge is -2.10. The van der Waals surface area contributed by atoms with Crippen molar-refractivity contribution in [2.24, 2.45) is 5.73 Å². The van der Waals surface area contributed by atoms with Crippen LogP contribution in [-0.2, 0) is 16.6 Å². The van der Waals surface area contributed by atoms with Crippen molar-refractivity contribution in [3.63, 3.8) is 0 Å². The Hall–Kier alpha value is -2.05. The van der Waals surface area contributed by atoms with Gasteiger partial charge in [0.1, 0.15) is 12.4 Å². The third kappa shape index (κ3) is 5.09. The molecule has 0 aromatic heterocycles. The van der Waals surface area contributed by atoms with E-state index in [9.17, 15) is 8.42 Å². The third-order valence-electron chi connectivity index (χ3n) is 2.74. The first kappa shape index (κ1) is 15.3. The number of hydrogen-bond donors (Lipinski definition) is 2. The quantitative estimate of drug-likeness (QED) is 0.819. The van der Waals surface area contributed by atoms with Crippen molar-refractivity contribution in [3.05, 3.63) is 60.2 Å². The maximum atomic E-state index is 11.7. The maximum Gasteiger partial charge on any atom is 0.233 e. The summed E-state index contributed by atoms with van der Waals surface area (Å²) in [5.74, 6) is 0.494. The number of sulfonamides is 1. The molecule has 0 heterocycles. The van der Waals surface area contributed by atoms with E-state index in [0.29, 0.717) is 18.0 Å². The van der Waals surface area contributed by atoms with E-state index < -0.39 is 10.0 Å². The van der Waals surface area contributed by atoms with Crippen molar-refractivity contribution < 1.29 is 13.2 Å². The molecule has 0 spiro atoms. The van der Waals surface area contributed by atoms with E-state index in [1.165, 1.54) is 0 Å². The standard InChI is InChI=1S/C15H18N2O3S/c16-9-10-21(18,19)17-14-7-4-8-15(11-14)20-12-13-5-2-1-3-6-13/h1-8,11,17H,9-10,12,16H2. The summed E-state index contributed by atoms with van der Waals surface area (Å²) in [6, 6.07) is 16.6. The fraction of sp³-hybridized carbons (Fsp3) is 0.200. The second-order valence-electron chi connectivity index (χ2n) is 4.51. The molecule has 0 amide bonds. The van der Waals surface area contributed by atoms with Gasteiger partial charge in [0.15, 0.2) is 0 Å². The fourth-order valence-corrected chi connectivity index (χ4v) is 2.67. The molecule has 2 aromatic carbocycles. The molecule has 5 nitrogen and oxygen atoms in total. The van der Waals surface area contributed by atoms with Crippen LogP contribution in [0.25, 0.3) is 0 Å². The predicted octanol–water partition coefficient (Wildman–Crippen LogP) is 1.97. The molecule has 0 aliphatic carbocycles. The molecule has 0 fully saturated rings. The average molecular weight is 306 g/mol. The number of nitrogens with one attached hydrogen (secondary N) is 1. The first-order chi connectivity index (χ1) is 10.1. The summed E-state index contributed by atoms with van der Waals surface area (Å²) in [4.78, 5) is 0. The lowest BCUT2D eigenvalue weighted by atomic mass is 10.2. The normalized spacial score (nSPS) is 11.1. The van der Waals surface area contributed by atoms with E-state index in [-0.39, 0.29) is 12.3 Å². The summed E-state index contributed by atoms with van der Waals surface area (Å²) in [5.41, 5.74) is 6.78. The van der Waals surface area contributed by atoms with E-state index in [2.05, 4.69) is 4.72 Å². The smallest absolute Gasteiger partial charge is 0.233 e. The van der Waals surface area contributed by atoms with E-state index >= 15 is 0 Å². The van der Waals surface area contributed by atoms with Gasteiger partial charge in [0.2, 0.25) is 10.0 Å². The molecule has 0 unspecified atom stereocenters. The first-order valence-corrected chi connectivity index (χ1v) is 8.22. The van der Waals surface area contributed by atoms with Gasteiger partial charge in [-0.05, 0) is 17.7 Å². The van der Waals surface area contributed by atoms with Gasteiger partial charge < -0.3 is 10.5 Å². The second-order valence-corrected chi connectivity index (χ2v) is 6.35. The molecule has 2 rings (SSSR count). The zero-order valence-corrected chi connectivity index (χ0v) is 12.3. The van der Waals surface area contributed by atoms with Crippen molar-refractivity contribution in [3.8, 4) is 5.75 Å². The third-order valence-corrected chi connectivity index (χ3v) is 4.06. The fourth-order valence-electron chi connectivity index (χ4n) is 1.78. The van der Waals surface area contributed by atoms with Crippen molar-refractivity contribution in [1.82, 2.24) is 0 Å². The van der Waals surface area contributed by atoms with Crippen molar-refractivity contribution in [2.75, 3.05) is 17.0 Å². The Morgan fingerprint density at radius 3 is 2.52 bits per heavy atom. The van der Waals surface area contributed by atoms with Crippen LogP contribution in [0.5, 0.6) is 5.75 Å². The average Bonchev–Trinajstić information content (AvgIpc) is 2.46. The molecule has 3 N–H and O–H groups in total. The Labute approximate surface area is 124 Å². The minimum absolute atomic E-state index is 0.0829. The highest BCUT2D eigenvalue weighted by atomic mass is 32.2. The number of benzene rings is 2. The Kier molecular flexibility index (Phi) is 5.19. The van der Waals surface area contributed by atoms with Crippen LogP contribution < -0.4 is 15.2 Å². The first-order valence-electron chi connectivity index (χ1n) is 6.56. The number of anilines is 1. The molecule has 2 aromatic rings. The maximum absolute atomic E-state index is 11.7. The highest BCUT2D eigenvalue weighted by molar-refractivity contribution is 7.92. The minimum atomic E-state index is -3.40. The lowest BCUT2D eigenvalue weighted by Crippen LogP contribution is -2.22. The Bertz CT molecular complexity index is 672. The number of hydrogen-bond acceptors (Lipinski definition) is 4. The molecule has 6 heteroatoms. The molecule has 0 saturated carbocycles. The van der Waals surface area contributed by atoms with Crippen LogP contribution in [0.1, 0.15) is 5.56 Å². The molecule has 0 radical (unpaired) electrons. The van der Waals surface area contributed by atoms with Gasteiger partial charge in [-0.3, -0.25) is 4.72 Å². The van der Waals surface area contributed by atoms with E-state index in [0.717, 1.165) is 5.56 Å². The van der Waals surface area contributed by atoms with Gasteiger partial charge in [-0.1, -0.05) is 36.4 Å². The topological polar surface area (TPSA) is 81.4 Å². The summed E-state index contributed by atoms with van der Waals surface area (Å²) >= 11 is 0. The van der Waals surface area contributed by atoms with Crippen molar-refractivity contribution in [1.29, 1.82) is 0 Å². The minimum Gasteiger partial charge on any atom is -0.489 e. The summed E-state index contributed by atoms with van der Waals surface area (Å²) < 4.78 is 31.4. The molecular formula is C15H18N2O3S. The van der Waals surface area contributed by atoms with Crippen LogP contribution in [0.2, 0.25) is 0 Å². The van der Waals surface area contributed by atoms with Gasteiger partial charge in [-0.25, -0.2) is 8.42 Å². The van der Waals surface area contributed by atoms with Gasteiger partial charge in [-0.2, -0.15) is 0 Å². The SMILES string of the molecule is NCCS(=O)(=O)Nc1cccc(OCc2ccccc2)c1. The Balaban J connectivity index is 2.01. The largest absolute Gasteiger partial charge is 0.489 e. The number of nitrogens with two attached hydrogens (primary N) is 1. The summed E-state index contributed by atoms with van der Waals surface area (Å²) in [6.45, 7) is 0.513.